The van der Waals surface area contributed by atoms with Crippen LogP contribution in [0, 0.1) is 12.7 Å². The third-order valence-electron chi connectivity index (χ3n) is 4.81. The van der Waals surface area contributed by atoms with E-state index in [0.29, 0.717) is 11.1 Å². The number of carbonyl (C=O) groups excluding carboxylic acids is 1. The van der Waals surface area contributed by atoms with Crippen molar-refractivity contribution in [3.63, 3.8) is 0 Å². The summed E-state index contributed by atoms with van der Waals surface area (Å²) in [5, 5.41) is 12.7. The van der Waals surface area contributed by atoms with Gasteiger partial charge in [-0.25, -0.2) is 23.0 Å². The first-order chi connectivity index (χ1) is 16.1. The molecule has 2 N–H and O–H groups in total. The van der Waals surface area contributed by atoms with Crippen molar-refractivity contribution in [2.24, 2.45) is 5.10 Å². The summed E-state index contributed by atoms with van der Waals surface area (Å²) in [6.07, 6.45) is 1.31. The number of amides is 1. The number of hydrogen-bond acceptors (Lipinski definition) is 5. The van der Waals surface area contributed by atoms with Crippen LogP contribution in [0.25, 0.3) is 0 Å². The largest absolute Gasteiger partial charge is 0.478 e. The van der Waals surface area contributed by atoms with Gasteiger partial charge in [-0.1, -0.05) is 42.0 Å². The van der Waals surface area contributed by atoms with Crippen LogP contribution in [-0.4, -0.2) is 42.5 Å². The van der Waals surface area contributed by atoms with Crippen LogP contribution in [0.1, 0.15) is 27.0 Å². The van der Waals surface area contributed by atoms with Crippen LogP contribution in [0.3, 0.4) is 0 Å². The van der Waals surface area contributed by atoms with E-state index in [2.05, 4.69) is 10.5 Å². The minimum absolute atomic E-state index is 0.0232. The Labute approximate surface area is 196 Å². The Kier molecular flexibility index (Phi) is 7.87. The van der Waals surface area contributed by atoms with Crippen LogP contribution in [-0.2, 0) is 21.4 Å². The second-order valence-corrected chi connectivity index (χ2v) is 9.37. The number of hydrazone groups is 1. The predicted octanol–water partition coefficient (Wildman–Crippen LogP) is 3.17. The van der Waals surface area contributed by atoms with E-state index in [9.17, 15) is 22.4 Å². The third kappa shape index (κ3) is 6.56. The zero-order valence-corrected chi connectivity index (χ0v) is 19.0. The van der Waals surface area contributed by atoms with Crippen LogP contribution in [0.4, 0.5) is 4.39 Å². The highest BCUT2D eigenvalue weighted by molar-refractivity contribution is 7.89. The van der Waals surface area contributed by atoms with Crippen LogP contribution < -0.4 is 5.43 Å². The summed E-state index contributed by atoms with van der Waals surface area (Å²) in [5.74, 6) is -2.20. The molecule has 0 saturated carbocycles. The number of aromatic carboxylic acids is 1. The number of benzene rings is 3. The number of rotatable bonds is 9. The smallest absolute Gasteiger partial charge is 0.335 e. The Morgan fingerprint density at radius 3 is 2.21 bits per heavy atom. The fourth-order valence-electron chi connectivity index (χ4n) is 2.96. The second kappa shape index (κ2) is 10.8. The second-order valence-electron chi connectivity index (χ2n) is 7.43. The van der Waals surface area contributed by atoms with Gasteiger partial charge in [0, 0.05) is 6.54 Å². The average Bonchev–Trinajstić information content (AvgIpc) is 2.80. The molecule has 8 nitrogen and oxygen atoms in total. The molecule has 0 unspecified atom stereocenters. The Balaban J connectivity index is 1.75. The van der Waals surface area contributed by atoms with Crippen molar-refractivity contribution in [1.82, 2.24) is 9.73 Å². The summed E-state index contributed by atoms with van der Waals surface area (Å²) in [4.78, 5) is 23.4. The van der Waals surface area contributed by atoms with Gasteiger partial charge in [-0.3, -0.25) is 4.79 Å². The summed E-state index contributed by atoms with van der Waals surface area (Å²) in [7, 11) is -4.04. The number of nitrogens with zero attached hydrogens (tertiary/aromatic N) is 2. The Hall–Kier alpha value is -3.89. The molecule has 0 saturated heterocycles. The lowest BCUT2D eigenvalue weighted by Gasteiger charge is -2.21. The standard InChI is InChI=1S/C24H22FN3O5S/c1-17-2-12-22(13-3-17)34(32,33)28(15-19-6-10-21(25)11-7-19)16-23(29)27-26-14-18-4-8-20(9-5-18)24(30)31/h2-14H,15-16H2,1H3,(H,27,29)(H,30,31)/b26-14-. The minimum Gasteiger partial charge on any atom is -0.478 e. The quantitative estimate of drug-likeness (QED) is 0.358. The van der Waals surface area contributed by atoms with Gasteiger partial charge in [0.25, 0.3) is 5.91 Å². The van der Waals surface area contributed by atoms with E-state index < -0.39 is 34.3 Å². The van der Waals surface area contributed by atoms with Crippen LogP contribution >= 0.6 is 0 Å². The van der Waals surface area contributed by atoms with Gasteiger partial charge in [-0.15, -0.1) is 0 Å². The Bertz CT molecular complexity index is 1290. The number of hydrogen-bond donors (Lipinski definition) is 2. The maximum absolute atomic E-state index is 13.3. The first-order valence-electron chi connectivity index (χ1n) is 10.1. The van der Waals surface area contributed by atoms with Gasteiger partial charge in [-0.05, 0) is 54.4 Å². The Morgan fingerprint density at radius 2 is 1.62 bits per heavy atom. The van der Waals surface area contributed by atoms with Crippen molar-refractivity contribution in [2.45, 2.75) is 18.4 Å². The number of halogens is 1. The fraction of sp³-hybridized carbons (Fsp3) is 0.125. The van der Waals surface area contributed by atoms with Crippen molar-refractivity contribution in [3.8, 4) is 0 Å². The van der Waals surface area contributed by atoms with Crippen LogP contribution in [0.15, 0.2) is 82.8 Å². The maximum Gasteiger partial charge on any atom is 0.335 e. The molecule has 1 amide bonds. The number of sulfonamides is 1. The normalized spacial score (nSPS) is 11.6. The molecule has 3 aromatic carbocycles. The summed E-state index contributed by atoms with van der Waals surface area (Å²) in [6.45, 7) is 1.15. The lowest BCUT2D eigenvalue weighted by atomic mass is 10.1. The Morgan fingerprint density at radius 1 is 1.00 bits per heavy atom. The predicted molar refractivity (Wildman–Crippen MR) is 124 cm³/mol. The molecule has 0 aromatic heterocycles. The summed E-state index contributed by atoms with van der Waals surface area (Å²) in [5.41, 5.74) is 4.32. The number of nitrogens with one attached hydrogen (secondary N) is 1. The third-order valence-corrected chi connectivity index (χ3v) is 6.62. The summed E-state index contributed by atoms with van der Waals surface area (Å²) < 4.78 is 40.7. The van der Waals surface area contributed by atoms with Crippen LogP contribution in [0.2, 0.25) is 0 Å². The van der Waals surface area contributed by atoms with Crippen molar-refractivity contribution >= 4 is 28.1 Å². The number of carbonyl (C=O) groups is 2. The monoisotopic (exact) mass is 483 g/mol. The van der Waals surface area contributed by atoms with Crippen molar-refractivity contribution < 1.29 is 27.5 Å². The van der Waals surface area contributed by atoms with E-state index in [-0.39, 0.29) is 17.0 Å². The number of carboxylic acid groups (broad SMARTS) is 1. The van der Waals surface area contributed by atoms with Crippen LogP contribution in [0.5, 0.6) is 0 Å². The topological polar surface area (TPSA) is 116 Å². The molecule has 34 heavy (non-hydrogen) atoms. The minimum atomic E-state index is -4.04. The van der Waals surface area contributed by atoms with Crippen molar-refractivity contribution in [2.75, 3.05) is 6.54 Å². The number of carboxylic acids is 1. The van der Waals surface area contributed by atoms with E-state index >= 15 is 0 Å². The van der Waals surface area contributed by atoms with E-state index in [1.165, 1.54) is 66.9 Å². The van der Waals surface area contributed by atoms with Gasteiger partial charge in [0.15, 0.2) is 0 Å². The zero-order chi connectivity index (χ0) is 24.7. The molecule has 0 atom stereocenters. The molecule has 0 aliphatic heterocycles. The molecular formula is C24H22FN3O5S. The number of aryl methyl sites for hydroxylation is 1. The SMILES string of the molecule is Cc1ccc(S(=O)(=O)N(CC(=O)N/N=C\c2ccc(C(=O)O)cc2)Cc2ccc(F)cc2)cc1. The molecule has 0 fully saturated rings. The van der Waals surface area contributed by atoms with Gasteiger partial charge >= 0.3 is 5.97 Å². The van der Waals surface area contributed by atoms with Crippen molar-refractivity contribution in [3.05, 3.63) is 101 Å². The lowest BCUT2D eigenvalue weighted by Crippen LogP contribution is -2.39. The average molecular weight is 484 g/mol. The highest BCUT2D eigenvalue weighted by atomic mass is 32.2. The molecule has 0 aliphatic carbocycles. The fourth-order valence-corrected chi connectivity index (χ4v) is 4.35. The molecule has 0 spiro atoms. The van der Waals surface area contributed by atoms with E-state index in [0.717, 1.165) is 9.87 Å². The molecular weight excluding hydrogens is 461 g/mol. The van der Waals surface area contributed by atoms with Gasteiger partial charge in [0.05, 0.1) is 23.2 Å². The molecule has 3 rings (SSSR count). The molecule has 3 aromatic rings. The summed E-state index contributed by atoms with van der Waals surface area (Å²) >= 11 is 0. The van der Waals surface area contributed by atoms with Gasteiger partial charge in [-0.2, -0.15) is 9.41 Å². The summed E-state index contributed by atoms with van der Waals surface area (Å²) in [6, 6.07) is 17.4. The molecule has 176 valence electrons. The zero-order valence-electron chi connectivity index (χ0n) is 18.2. The first-order valence-corrected chi connectivity index (χ1v) is 11.6. The highest BCUT2D eigenvalue weighted by Crippen LogP contribution is 2.19. The van der Waals surface area contributed by atoms with Gasteiger partial charge < -0.3 is 5.11 Å². The van der Waals surface area contributed by atoms with Gasteiger partial charge in [0.1, 0.15) is 5.82 Å². The molecule has 0 bridgehead atoms. The lowest BCUT2D eigenvalue weighted by molar-refractivity contribution is -0.121. The first kappa shape index (κ1) is 24.7. The maximum atomic E-state index is 13.3. The highest BCUT2D eigenvalue weighted by Gasteiger charge is 2.27. The molecule has 0 radical (unpaired) electrons. The molecule has 10 heteroatoms. The van der Waals surface area contributed by atoms with Gasteiger partial charge in [0.2, 0.25) is 10.0 Å². The van der Waals surface area contributed by atoms with E-state index in [1.54, 1.807) is 12.1 Å². The van der Waals surface area contributed by atoms with Crippen molar-refractivity contribution in [1.29, 1.82) is 0 Å². The molecule has 0 aliphatic rings. The molecule has 0 heterocycles. The van der Waals surface area contributed by atoms with E-state index in [1.807, 2.05) is 6.92 Å². The van der Waals surface area contributed by atoms with E-state index in [4.69, 9.17) is 5.11 Å².